The lowest BCUT2D eigenvalue weighted by atomic mass is 10.2. The molecule has 2 heterocycles. The van der Waals surface area contributed by atoms with Crippen LogP contribution in [0.1, 0.15) is 16.3 Å². The number of aromatic nitrogens is 1. The van der Waals surface area contributed by atoms with E-state index in [1.165, 1.54) is 6.08 Å². The number of benzene rings is 2. The minimum Gasteiger partial charge on any atom is -0.487 e. The van der Waals surface area contributed by atoms with Crippen molar-refractivity contribution in [2.45, 2.75) is 13.5 Å². The molecular formula is C23H22N4O3S. The molecule has 1 saturated heterocycles. The van der Waals surface area contributed by atoms with Crippen LogP contribution in [0.2, 0.25) is 0 Å². The van der Waals surface area contributed by atoms with Gasteiger partial charge in [-0.15, -0.1) is 11.3 Å². The average Bonchev–Trinajstić information content (AvgIpc) is 3.39. The average molecular weight is 435 g/mol. The van der Waals surface area contributed by atoms with Crippen LogP contribution in [0.5, 0.6) is 5.75 Å². The second-order valence-electron chi connectivity index (χ2n) is 6.97. The number of carbonyl (C=O) groups excluding carboxylic acids is 2. The highest BCUT2D eigenvalue weighted by Gasteiger charge is 2.21. The third-order valence-electron chi connectivity index (χ3n) is 4.64. The molecule has 1 fully saturated rings. The van der Waals surface area contributed by atoms with Crippen molar-refractivity contribution in [2.75, 3.05) is 23.3 Å². The van der Waals surface area contributed by atoms with Crippen molar-refractivity contribution in [3.05, 3.63) is 76.3 Å². The van der Waals surface area contributed by atoms with E-state index in [4.69, 9.17) is 4.74 Å². The predicted octanol–water partition coefficient (Wildman–Crippen LogP) is 4.21. The monoisotopic (exact) mass is 434 g/mol. The fourth-order valence-electron chi connectivity index (χ4n) is 3.13. The first-order valence-corrected chi connectivity index (χ1v) is 10.7. The van der Waals surface area contributed by atoms with Gasteiger partial charge in [-0.3, -0.25) is 9.69 Å². The SMILES string of the molecule is Cc1nc(COc2ccc(C=CC(=O)Nc3cccc(N4CCNC4=O)c3)cc2)cs1. The smallest absolute Gasteiger partial charge is 0.321 e. The lowest BCUT2D eigenvalue weighted by Gasteiger charge is -2.15. The highest BCUT2D eigenvalue weighted by Crippen LogP contribution is 2.21. The summed E-state index contributed by atoms with van der Waals surface area (Å²) >= 11 is 1.60. The van der Waals surface area contributed by atoms with Crippen LogP contribution < -0.4 is 20.3 Å². The van der Waals surface area contributed by atoms with Crippen LogP contribution in [0.15, 0.2) is 60.0 Å². The van der Waals surface area contributed by atoms with Gasteiger partial charge in [0.2, 0.25) is 5.91 Å². The van der Waals surface area contributed by atoms with Crippen molar-refractivity contribution in [2.24, 2.45) is 0 Å². The Morgan fingerprint density at radius 2 is 2.13 bits per heavy atom. The zero-order valence-electron chi connectivity index (χ0n) is 17.0. The molecule has 3 aromatic rings. The number of anilines is 2. The van der Waals surface area contributed by atoms with Crippen molar-refractivity contribution < 1.29 is 14.3 Å². The Bertz CT molecular complexity index is 1110. The fourth-order valence-corrected chi connectivity index (χ4v) is 3.73. The second-order valence-corrected chi connectivity index (χ2v) is 8.03. The van der Waals surface area contributed by atoms with E-state index in [9.17, 15) is 9.59 Å². The summed E-state index contributed by atoms with van der Waals surface area (Å²) < 4.78 is 5.73. The largest absolute Gasteiger partial charge is 0.487 e. The van der Waals surface area contributed by atoms with Gasteiger partial charge < -0.3 is 15.4 Å². The molecule has 7 nitrogen and oxygen atoms in total. The lowest BCUT2D eigenvalue weighted by molar-refractivity contribution is -0.111. The van der Waals surface area contributed by atoms with E-state index in [2.05, 4.69) is 15.6 Å². The quantitative estimate of drug-likeness (QED) is 0.546. The normalized spacial score (nSPS) is 13.5. The molecule has 0 saturated carbocycles. The Balaban J connectivity index is 1.31. The van der Waals surface area contributed by atoms with Gasteiger partial charge in [0.05, 0.1) is 10.7 Å². The number of aryl methyl sites for hydroxylation is 1. The molecule has 0 radical (unpaired) electrons. The maximum Gasteiger partial charge on any atom is 0.321 e. The molecule has 2 aromatic carbocycles. The number of rotatable bonds is 7. The number of urea groups is 1. The molecule has 0 bridgehead atoms. The van der Waals surface area contributed by atoms with Crippen LogP contribution in [0.3, 0.4) is 0 Å². The van der Waals surface area contributed by atoms with E-state index < -0.39 is 0 Å². The van der Waals surface area contributed by atoms with E-state index in [0.717, 1.165) is 27.7 Å². The van der Waals surface area contributed by atoms with Crippen molar-refractivity contribution in [1.82, 2.24) is 10.3 Å². The van der Waals surface area contributed by atoms with Gasteiger partial charge in [-0.25, -0.2) is 9.78 Å². The van der Waals surface area contributed by atoms with Gasteiger partial charge in [0.15, 0.2) is 0 Å². The number of nitrogens with zero attached hydrogens (tertiary/aromatic N) is 2. The van der Waals surface area contributed by atoms with Crippen molar-refractivity contribution in [1.29, 1.82) is 0 Å². The summed E-state index contributed by atoms with van der Waals surface area (Å²) in [5.74, 6) is 0.497. The van der Waals surface area contributed by atoms with Gasteiger partial charge in [0.1, 0.15) is 12.4 Å². The van der Waals surface area contributed by atoms with Crippen LogP contribution in [-0.4, -0.2) is 30.0 Å². The van der Waals surface area contributed by atoms with E-state index in [-0.39, 0.29) is 11.9 Å². The van der Waals surface area contributed by atoms with Gasteiger partial charge in [-0.05, 0) is 48.9 Å². The highest BCUT2D eigenvalue weighted by atomic mass is 32.1. The Kier molecular flexibility index (Phi) is 6.28. The third-order valence-corrected chi connectivity index (χ3v) is 5.47. The number of ether oxygens (including phenoxy) is 1. The van der Waals surface area contributed by atoms with Crippen molar-refractivity contribution in [3.8, 4) is 5.75 Å². The summed E-state index contributed by atoms with van der Waals surface area (Å²) in [6.07, 6.45) is 3.21. The Morgan fingerprint density at radius 3 is 2.84 bits per heavy atom. The maximum atomic E-state index is 12.3. The summed E-state index contributed by atoms with van der Waals surface area (Å²) in [6.45, 7) is 3.63. The van der Waals surface area contributed by atoms with E-state index in [0.29, 0.717) is 25.4 Å². The van der Waals surface area contributed by atoms with Gasteiger partial charge in [-0.2, -0.15) is 0 Å². The Hall–Kier alpha value is -3.65. The summed E-state index contributed by atoms with van der Waals surface area (Å²) in [5, 5.41) is 8.60. The molecule has 158 valence electrons. The number of hydrogen-bond donors (Lipinski definition) is 2. The van der Waals surface area contributed by atoms with Crippen LogP contribution in [0, 0.1) is 6.92 Å². The first kappa shape index (κ1) is 20.6. The summed E-state index contributed by atoms with van der Waals surface area (Å²) in [6, 6.07) is 14.6. The number of nitrogens with one attached hydrogen (secondary N) is 2. The van der Waals surface area contributed by atoms with Crippen molar-refractivity contribution >= 4 is 40.7 Å². The van der Waals surface area contributed by atoms with E-state index in [1.807, 2.05) is 48.7 Å². The first-order valence-electron chi connectivity index (χ1n) is 9.85. The molecule has 0 unspecified atom stereocenters. The number of hydrogen-bond acceptors (Lipinski definition) is 5. The van der Waals surface area contributed by atoms with Gasteiger partial charge in [0, 0.05) is 35.9 Å². The molecule has 8 heteroatoms. The van der Waals surface area contributed by atoms with Crippen LogP contribution >= 0.6 is 11.3 Å². The molecule has 2 N–H and O–H groups in total. The van der Waals surface area contributed by atoms with Crippen molar-refractivity contribution in [3.63, 3.8) is 0 Å². The van der Waals surface area contributed by atoms with Gasteiger partial charge >= 0.3 is 6.03 Å². The molecule has 0 atom stereocenters. The molecule has 3 amide bonds. The summed E-state index contributed by atoms with van der Waals surface area (Å²) in [7, 11) is 0. The molecule has 0 spiro atoms. The molecule has 0 aliphatic carbocycles. The van der Waals surface area contributed by atoms with Crippen LogP contribution in [0.4, 0.5) is 16.2 Å². The first-order chi connectivity index (χ1) is 15.1. The Labute approximate surface area is 184 Å². The van der Waals surface area contributed by atoms with E-state index in [1.54, 1.807) is 34.4 Å². The molecular weight excluding hydrogens is 412 g/mol. The fraction of sp³-hybridized carbons (Fsp3) is 0.174. The Morgan fingerprint density at radius 1 is 1.29 bits per heavy atom. The molecule has 4 rings (SSSR count). The van der Waals surface area contributed by atoms with Crippen LogP contribution in [-0.2, 0) is 11.4 Å². The van der Waals surface area contributed by atoms with Crippen LogP contribution in [0.25, 0.3) is 6.08 Å². The number of thiazole rings is 1. The molecule has 1 aromatic heterocycles. The minimum absolute atomic E-state index is 0.127. The number of carbonyl (C=O) groups is 2. The third kappa shape index (κ3) is 5.49. The summed E-state index contributed by atoms with van der Waals surface area (Å²) in [4.78, 5) is 30.1. The standard InChI is InChI=1S/C23H22N4O3S/c1-16-25-19(15-31-16)14-30-21-8-5-17(6-9-21)7-10-22(28)26-18-3-2-4-20(13-18)27-12-11-24-23(27)29/h2-10,13,15H,11-12,14H2,1H3,(H,24,29)(H,26,28). The zero-order chi connectivity index (χ0) is 21.6. The van der Waals surface area contributed by atoms with E-state index >= 15 is 0 Å². The topological polar surface area (TPSA) is 83.6 Å². The van der Waals surface area contributed by atoms with Gasteiger partial charge in [0.25, 0.3) is 0 Å². The molecule has 1 aliphatic heterocycles. The molecule has 31 heavy (non-hydrogen) atoms. The molecule has 1 aliphatic rings. The minimum atomic E-state index is -0.248. The maximum absolute atomic E-state index is 12.3. The number of amides is 3. The highest BCUT2D eigenvalue weighted by molar-refractivity contribution is 7.09. The summed E-state index contributed by atoms with van der Waals surface area (Å²) in [5.41, 5.74) is 3.18. The second kappa shape index (κ2) is 9.44. The zero-order valence-corrected chi connectivity index (χ0v) is 17.8. The lowest BCUT2D eigenvalue weighted by Crippen LogP contribution is -2.27. The predicted molar refractivity (Wildman–Crippen MR) is 122 cm³/mol. The van der Waals surface area contributed by atoms with Gasteiger partial charge in [-0.1, -0.05) is 18.2 Å².